The zero-order chi connectivity index (χ0) is 12.5. The summed E-state index contributed by atoms with van der Waals surface area (Å²) in [4.78, 5) is 14.0. The predicted molar refractivity (Wildman–Crippen MR) is 69.7 cm³/mol. The van der Waals surface area contributed by atoms with E-state index in [1.165, 1.54) is 25.7 Å². The third-order valence-corrected chi connectivity index (χ3v) is 4.57. The Bertz CT molecular complexity index is 272. The molecule has 2 rings (SSSR count). The van der Waals surface area contributed by atoms with Gasteiger partial charge in [-0.2, -0.15) is 0 Å². The summed E-state index contributed by atoms with van der Waals surface area (Å²) in [6, 6.07) is 0. The molecule has 17 heavy (non-hydrogen) atoms. The molecule has 1 saturated heterocycles. The molecule has 0 bridgehead atoms. The number of hydrogen-bond acceptors (Lipinski definition) is 2. The summed E-state index contributed by atoms with van der Waals surface area (Å²) in [6.07, 6.45) is 5.20. The SMILES string of the molecule is CNCC1CC2(CCN(C(=O)C(C)C)CC2)C1. The van der Waals surface area contributed by atoms with Crippen molar-refractivity contribution in [1.82, 2.24) is 10.2 Å². The molecule has 0 atom stereocenters. The van der Waals surface area contributed by atoms with Crippen molar-refractivity contribution in [2.24, 2.45) is 17.3 Å². The Labute approximate surface area is 105 Å². The molecule has 0 aromatic rings. The van der Waals surface area contributed by atoms with Gasteiger partial charge in [0.25, 0.3) is 0 Å². The number of rotatable bonds is 3. The summed E-state index contributed by atoms with van der Waals surface area (Å²) < 4.78 is 0. The second-order valence-electron chi connectivity index (χ2n) is 6.31. The van der Waals surface area contributed by atoms with Gasteiger partial charge in [-0.3, -0.25) is 4.79 Å². The van der Waals surface area contributed by atoms with Crippen LogP contribution in [0.1, 0.15) is 39.5 Å². The van der Waals surface area contributed by atoms with Crippen LogP contribution in [0.25, 0.3) is 0 Å². The number of hydrogen-bond donors (Lipinski definition) is 1. The fraction of sp³-hybridized carbons (Fsp3) is 0.929. The topological polar surface area (TPSA) is 32.3 Å². The smallest absolute Gasteiger partial charge is 0.225 e. The van der Waals surface area contributed by atoms with E-state index in [2.05, 4.69) is 10.2 Å². The van der Waals surface area contributed by atoms with Gasteiger partial charge in [0.15, 0.2) is 0 Å². The zero-order valence-electron chi connectivity index (χ0n) is 11.5. The van der Waals surface area contributed by atoms with E-state index in [0.717, 1.165) is 25.6 Å². The lowest BCUT2D eigenvalue weighted by Crippen LogP contribution is -2.50. The van der Waals surface area contributed by atoms with E-state index < -0.39 is 0 Å². The van der Waals surface area contributed by atoms with Gasteiger partial charge in [-0.15, -0.1) is 0 Å². The van der Waals surface area contributed by atoms with Gasteiger partial charge in [0.05, 0.1) is 0 Å². The van der Waals surface area contributed by atoms with Crippen molar-refractivity contribution in [3.8, 4) is 0 Å². The highest BCUT2D eigenvalue weighted by molar-refractivity contribution is 5.78. The minimum atomic E-state index is 0.155. The van der Waals surface area contributed by atoms with Crippen LogP contribution < -0.4 is 5.32 Å². The Morgan fingerprint density at radius 1 is 1.35 bits per heavy atom. The second-order valence-corrected chi connectivity index (χ2v) is 6.31. The van der Waals surface area contributed by atoms with Crippen LogP contribution in [0.2, 0.25) is 0 Å². The lowest BCUT2D eigenvalue weighted by atomic mass is 9.57. The molecule has 0 radical (unpaired) electrons. The molecule has 3 nitrogen and oxygen atoms in total. The lowest BCUT2D eigenvalue weighted by molar-refractivity contribution is -0.138. The quantitative estimate of drug-likeness (QED) is 0.814. The molecule has 1 N–H and O–H groups in total. The van der Waals surface area contributed by atoms with Gasteiger partial charge < -0.3 is 10.2 Å². The van der Waals surface area contributed by atoms with Gasteiger partial charge in [-0.05, 0) is 50.6 Å². The molecule has 1 heterocycles. The van der Waals surface area contributed by atoms with E-state index in [9.17, 15) is 4.79 Å². The Morgan fingerprint density at radius 2 is 1.94 bits per heavy atom. The Kier molecular flexibility index (Phi) is 3.76. The van der Waals surface area contributed by atoms with Crippen LogP contribution in [-0.2, 0) is 4.79 Å². The van der Waals surface area contributed by atoms with E-state index in [0.29, 0.717) is 11.3 Å². The van der Waals surface area contributed by atoms with Gasteiger partial charge in [-0.1, -0.05) is 13.8 Å². The highest BCUT2D eigenvalue weighted by atomic mass is 16.2. The zero-order valence-corrected chi connectivity index (χ0v) is 11.5. The van der Waals surface area contributed by atoms with Crippen LogP contribution in [0.3, 0.4) is 0 Å². The number of carbonyl (C=O) groups excluding carboxylic acids is 1. The maximum Gasteiger partial charge on any atom is 0.225 e. The Balaban J connectivity index is 1.78. The number of carbonyl (C=O) groups is 1. The molecule has 1 aliphatic carbocycles. The molecule has 1 aliphatic heterocycles. The molecule has 2 fully saturated rings. The largest absolute Gasteiger partial charge is 0.342 e. The van der Waals surface area contributed by atoms with Crippen LogP contribution >= 0.6 is 0 Å². The first-order valence-corrected chi connectivity index (χ1v) is 7.00. The summed E-state index contributed by atoms with van der Waals surface area (Å²) in [5.41, 5.74) is 0.593. The van der Waals surface area contributed by atoms with Gasteiger partial charge >= 0.3 is 0 Å². The maximum atomic E-state index is 11.9. The number of amides is 1. The highest BCUT2D eigenvalue weighted by Crippen LogP contribution is 2.52. The van der Waals surface area contributed by atoms with Crippen molar-refractivity contribution >= 4 is 5.91 Å². The van der Waals surface area contributed by atoms with Gasteiger partial charge in [0.2, 0.25) is 5.91 Å². The highest BCUT2D eigenvalue weighted by Gasteiger charge is 2.45. The fourth-order valence-electron chi connectivity index (χ4n) is 3.57. The van der Waals surface area contributed by atoms with Crippen molar-refractivity contribution in [3.05, 3.63) is 0 Å². The standard InChI is InChI=1S/C14H26N2O/c1-11(2)13(17)16-6-4-14(5-7-16)8-12(9-14)10-15-3/h11-12,15H,4-10H2,1-3H3. The first-order chi connectivity index (χ1) is 8.06. The van der Waals surface area contributed by atoms with E-state index in [-0.39, 0.29) is 5.92 Å². The van der Waals surface area contributed by atoms with Crippen molar-refractivity contribution in [3.63, 3.8) is 0 Å². The third kappa shape index (κ3) is 2.65. The Hall–Kier alpha value is -0.570. The number of nitrogens with one attached hydrogen (secondary N) is 1. The molecule has 1 amide bonds. The van der Waals surface area contributed by atoms with Crippen molar-refractivity contribution in [2.45, 2.75) is 39.5 Å². The second kappa shape index (κ2) is 4.97. The first-order valence-electron chi connectivity index (χ1n) is 7.00. The van der Waals surface area contributed by atoms with Crippen LogP contribution in [0, 0.1) is 17.3 Å². The van der Waals surface area contributed by atoms with Crippen molar-refractivity contribution in [2.75, 3.05) is 26.7 Å². The molecule has 2 aliphatic rings. The van der Waals surface area contributed by atoms with Crippen LogP contribution in [0.4, 0.5) is 0 Å². The molecule has 0 aromatic carbocycles. The lowest BCUT2D eigenvalue weighted by Gasteiger charge is -2.52. The summed E-state index contributed by atoms with van der Waals surface area (Å²) in [5.74, 6) is 1.38. The molecular weight excluding hydrogens is 212 g/mol. The van der Waals surface area contributed by atoms with Crippen molar-refractivity contribution < 1.29 is 4.79 Å². The van der Waals surface area contributed by atoms with E-state index in [4.69, 9.17) is 0 Å². The minimum absolute atomic E-state index is 0.155. The molecule has 0 aromatic heterocycles. The summed E-state index contributed by atoms with van der Waals surface area (Å²) >= 11 is 0. The normalized spacial score (nSPS) is 24.1. The van der Waals surface area contributed by atoms with E-state index in [1.807, 2.05) is 20.9 Å². The van der Waals surface area contributed by atoms with E-state index in [1.54, 1.807) is 0 Å². The number of nitrogens with zero attached hydrogens (tertiary/aromatic N) is 1. The average Bonchev–Trinajstić information content (AvgIpc) is 2.27. The fourth-order valence-corrected chi connectivity index (χ4v) is 3.57. The maximum absolute atomic E-state index is 11.9. The molecule has 1 saturated carbocycles. The van der Waals surface area contributed by atoms with E-state index >= 15 is 0 Å². The summed E-state index contributed by atoms with van der Waals surface area (Å²) in [5, 5.41) is 3.27. The predicted octanol–water partition coefficient (Wildman–Crippen LogP) is 1.88. The Morgan fingerprint density at radius 3 is 2.41 bits per heavy atom. The molecule has 1 spiro atoms. The number of piperidine rings is 1. The van der Waals surface area contributed by atoms with Gasteiger partial charge in [0, 0.05) is 19.0 Å². The third-order valence-electron chi connectivity index (χ3n) is 4.57. The van der Waals surface area contributed by atoms with Gasteiger partial charge in [0.1, 0.15) is 0 Å². The summed E-state index contributed by atoms with van der Waals surface area (Å²) in [7, 11) is 2.04. The van der Waals surface area contributed by atoms with Crippen LogP contribution in [0.15, 0.2) is 0 Å². The van der Waals surface area contributed by atoms with Gasteiger partial charge in [-0.25, -0.2) is 0 Å². The monoisotopic (exact) mass is 238 g/mol. The number of likely N-dealkylation sites (tertiary alicyclic amines) is 1. The molecular formula is C14H26N2O. The van der Waals surface area contributed by atoms with Crippen molar-refractivity contribution in [1.29, 1.82) is 0 Å². The van der Waals surface area contributed by atoms with Crippen LogP contribution in [-0.4, -0.2) is 37.5 Å². The molecule has 0 unspecified atom stereocenters. The molecule has 3 heteroatoms. The molecule has 98 valence electrons. The summed E-state index contributed by atoms with van der Waals surface area (Å²) in [6.45, 7) is 7.14. The average molecular weight is 238 g/mol. The van der Waals surface area contributed by atoms with Crippen LogP contribution in [0.5, 0.6) is 0 Å². The minimum Gasteiger partial charge on any atom is -0.342 e. The first kappa shape index (κ1) is 12.9.